The number of hydrogen-bond acceptors (Lipinski definition) is 4. The van der Waals surface area contributed by atoms with Gasteiger partial charge in [0, 0.05) is 39.4 Å². The maximum Gasteiger partial charge on any atom is 0.137 e. The number of fused-ring (bicyclic) bond motifs is 1. The summed E-state index contributed by atoms with van der Waals surface area (Å²) in [5, 5.41) is 10.2. The predicted octanol–water partition coefficient (Wildman–Crippen LogP) is 4.75. The fourth-order valence-electron chi connectivity index (χ4n) is 3.16. The quantitative estimate of drug-likeness (QED) is 0.438. The zero-order valence-corrected chi connectivity index (χ0v) is 15.5. The van der Waals surface area contributed by atoms with Gasteiger partial charge in [0.1, 0.15) is 11.5 Å². The van der Waals surface area contributed by atoms with Crippen molar-refractivity contribution in [3.63, 3.8) is 0 Å². The van der Waals surface area contributed by atoms with Crippen molar-refractivity contribution in [2.75, 3.05) is 7.05 Å². The highest BCUT2D eigenvalue weighted by molar-refractivity contribution is 7.97. The van der Waals surface area contributed by atoms with Crippen LogP contribution in [0.1, 0.15) is 5.56 Å². The summed E-state index contributed by atoms with van der Waals surface area (Å²) >= 11 is 1.50. The Balaban J connectivity index is 1.76. The van der Waals surface area contributed by atoms with Crippen molar-refractivity contribution in [3.8, 4) is 22.3 Å². The van der Waals surface area contributed by atoms with Crippen LogP contribution in [0, 0.1) is 5.82 Å². The van der Waals surface area contributed by atoms with Gasteiger partial charge in [0.15, 0.2) is 0 Å². The lowest BCUT2D eigenvalue weighted by molar-refractivity contribution is 0.283. The lowest BCUT2D eigenvalue weighted by Crippen LogP contribution is -1.93. The molecule has 0 bridgehead atoms. The van der Waals surface area contributed by atoms with Crippen LogP contribution in [0.4, 0.5) is 4.39 Å². The molecule has 0 aliphatic carbocycles. The summed E-state index contributed by atoms with van der Waals surface area (Å²) in [5.74, 6) is -0.306. The largest absolute Gasteiger partial charge is 0.392 e. The average molecular weight is 379 g/mol. The maximum atomic E-state index is 14.9. The molecule has 0 saturated carbocycles. The van der Waals surface area contributed by atoms with E-state index >= 15 is 0 Å². The van der Waals surface area contributed by atoms with E-state index in [4.69, 9.17) is 0 Å². The number of nitrogens with one attached hydrogen (secondary N) is 2. The SMILES string of the molecule is CNSc1ccccc1-c1ccc(-c2cnc3[nH]cc(CO)c3c2)c(F)c1. The van der Waals surface area contributed by atoms with Gasteiger partial charge >= 0.3 is 0 Å². The number of rotatable bonds is 5. The highest BCUT2D eigenvalue weighted by Crippen LogP contribution is 2.33. The molecule has 2 heterocycles. The molecule has 6 heteroatoms. The Labute approximate surface area is 160 Å². The molecule has 136 valence electrons. The molecule has 2 aromatic carbocycles. The van der Waals surface area contributed by atoms with Crippen molar-refractivity contribution in [2.24, 2.45) is 0 Å². The monoisotopic (exact) mass is 379 g/mol. The highest BCUT2D eigenvalue weighted by Gasteiger charge is 2.12. The second-order valence-corrected chi connectivity index (χ2v) is 7.14. The Morgan fingerprint density at radius 1 is 1.11 bits per heavy atom. The zero-order chi connectivity index (χ0) is 18.8. The van der Waals surface area contributed by atoms with Crippen molar-refractivity contribution in [1.82, 2.24) is 14.7 Å². The molecule has 4 rings (SSSR count). The minimum absolute atomic E-state index is 0.0908. The zero-order valence-electron chi connectivity index (χ0n) is 14.7. The van der Waals surface area contributed by atoms with Crippen LogP contribution in [-0.2, 0) is 6.61 Å². The first-order chi connectivity index (χ1) is 13.2. The Morgan fingerprint density at radius 3 is 2.74 bits per heavy atom. The molecular formula is C21H18FN3OS. The summed E-state index contributed by atoms with van der Waals surface area (Å²) in [6, 6.07) is 15.0. The number of aromatic nitrogens is 2. The standard InChI is InChI=1S/C21H18FN3OS/c1-23-27-20-5-3-2-4-17(20)13-6-7-16(19(22)9-13)14-8-18-15(12-26)11-25-21(18)24-10-14/h2-11,23,26H,12H2,1H3,(H,24,25). The summed E-state index contributed by atoms with van der Waals surface area (Å²) in [7, 11) is 1.86. The number of pyridine rings is 1. The van der Waals surface area contributed by atoms with E-state index in [0.29, 0.717) is 16.8 Å². The summed E-state index contributed by atoms with van der Waals surface area (Å²) < 4.78 is 18.0. The Morgan fingerprint density at radius 2 is 1.96 bits per heavy atom. The molecule has 0 aliphatic rings. The molecule has 27 heavy (non-hydrogen) atoms. The molecule has 3 N–H and O–H groups in total. The fraction of sp³-hybridized carbons (Fsp3) is 0.0952. The van der Waals surface area contributed by atoms with E-state index in [1.807, 2.05) is 43.4 Å². The molecule has 0 atom stereocenters. The van der Waals surface area contributed by atoms with E-state index in [0.717, 1.165) is 27.0 Å². The number of hydrogen-bond donors (Lipinski definition) is 3. The van der Waals surface area contributed by atoms with Crippen molar-refractivity contribution in [3.05, 3.63) is 72.3 Å². The number of aromatic amines is 1. The molecule has 0 radical (unpaired) electrons. The Hall–Kier alpha value is -2.67. The second kappa shape index (κ2) is 7.52. The number of benzene rings is 2. The van der Waals surface area contributed by atoms with E-state index < -0.39 is 0 Å². The van der Waals surface area contributed by atoms with Gasteiger partial charge in [-0.15, -0.1) is 0 Å². The van der Waals surface area contributed by atoms with E-state index in [1.165, 1.54) is 11.9 Å². The number of nitrogens with zero attached hydrogens (tertiary/aromatic N) is 1. The first-order valence-corrected chi connectivity index (χ1v) is 9.32. The Kier molecular flexibility index (Phi) is 4.94. The number of aliphatic hydroxyl groups is 1. The van der Waals surface area contributed by atoms with Crippen molar-refractivity contribution >= 4 is 23.0 Å². The van der Waals surface area contributed by atoms with E-state index in [2.05, 4.69) is 14.7 Å². The van der Waals surface area contributed by atoms with E-state index in [1.54, 1.807) is 24.5 Å². The third kappa shape index (κ3) is 3.35. The maximum absolute atomic E-state index is 14.9. The molecule has 0 saturated heterocycles. The van der Waals surface area contributed by atoms with Crippen LogP contribution in [0.5, 0.6) is 0 Å². The van der Waals surface area contributed by atoms with Gasteiger partial charge in [0.25, 0.3) is 0 Å². The molecule has 4 nitrogen and oxygen atoms in total. The van der Waals surface area contributed by atoms with Gasteiger partial charge in [0.2, 0.25) is 0 Å². The molecule has 0 spiro atoms. The highest BCUT2D eigenvalue weighted by atomic mass is 32.2. The summed E-state index contributed by atoms with van der Waals surface area (Å²) in [6.07, 6.45) is 3.36. The van der Waals surface area contributed by atoms with Gasteiger partial charge in [0.05, 0.1) is 6.61 Å². The van der Waals surface area contributed by atoms with Crippen LogP contribution in [-0.4, -0.2) is 22.1 Å². The fourth-order valence-corrected chi connectivity index (χ4v) is 3.82. The van der Waals surface area contributed by atoms with Crippen molar-refractivity contribution < 1.29 is 9.50 Å². The van der Waals surface area contributed by atoms with Gasteiger partial charge in [-0.2, -0.15) is 0 Å². The molecule has 0 unspecified atom stereocenters. The summed E-state index contributed by atoms with van der Waals surface area (Å²) in [4.78, 5) is 8.39. The topological polar surface area (TPSA) is 60.9 Å². The number of halogens is 1. The van der Waals surface area contributed by atoms with Gasteiger partial charge < -0.3 is 10.1 Å². The van der Waals surface area contributed by atoms with Crippen LogP contribution < -0.4 is 4.72 Å². The number of aliphatic hydroxyl groups excluding tert-OH is 1. The second-order valence-electron chi connectivity index (χ2n) is 6.09. The third-order valence-electron chi connectivity index (χ3n) is 4.48. The first-order valence-electron chi connectivity index (χ1n) is 8.51. The predicted molar refractivity (Wildman–Crippen MR) is 108 cm³/mol. The Bertz CT molecular complexity index is 1110. The van der Waals surface area contributed by atoms with E-state index in [9.17, 15) is 9.50 Å². The molecular weight excluding hydrogens is 361 g/mol. The third-order valence-corrected chi connectivity index (χ3v) is 5.26. The molecule has 2 aromatic heterocycles. The van der Waals surface area contributed by atoms with Gasteiger partial charge in [-0.3, -0.25) is 4.72 Å². The van der Waals surface area contributed by atoms with E-state index in [-0.39, 0.29) is 12.4 Å². The smallest absolute Gasteiger partial charge is 0.137 e. The molecule has 0 amide bonds. The first kappa shape index (κ1) is 17.7. The van der Waals surface area contributed by atoms with Gasteiger partial charge in [-0.05, 0) is 48.3 Å². The lowest BCUT2D eigenvalue weighted by atomic mass is 9.99. The van der Waals surface area contributed by atoms with Crippen LogP contribution in [0.3, 0.4) is 0 Å². The minimum atomic E-state index is -0.306. The summed E-state index contributed by atoms with van der Waals surface area (Å²) in [6.45, 7) is -0.0908. The molecule has 0 fully saturated rings. The van der Waals surface area contributed by atoms with Crippen LogP contribution in [0.15, 0.2) is 65.8 Å². The lowest BCUT2D eigenvalue weighted by Gasteiger charge is -2.11. The average Bonchev–Trinajstić information content (AvgIpc) is 3.11. The van der Waals surface area contributed by atoms with Crippen LogP contribution in [0.25, 0.3) is 33.3 Å². The van der Waals surface area contributed by atoms with Crippen molar-refractivity contribution in [1.29, 1.82) is 0 Å². The molecule has 0 aliphatic heterocycles. The minimum Gasteiger partial charge on any atom is -0.392 e. The van der Waals surface area contributed by atoms with Gasteiger partial charge in [-0.25, -0.2) is 9.37 Å². The normalized spacial score (nSPS) is 11.2. The number of H-pyrrole nitrogens is 1. The van der Waals surface area contributed by atoms with Crippen LogP contribution >= 0.6 is 11.9 Å². The summed E-state index contributed by atoms with van der Waals surface area (Å²) in [5.41, 5.74) is 4.38. The van der Waals surface area contributed by atoms with Crippen molar-refractivity contribution in [2.45, 2.75) is 11.5 Å². The van der Waals surface area contributed by atoms with Gasteiger partial charge in [-0.1, -0.05) is 30.3 Å². The molecule has 4 aromatic rings. The van der Waals surface area contributed by atoms with Crippen LogP contribution in [0.2, 0.25) is 0 Å².